The molecule has 0 fully saturated rings. The van der Waals surface area contributed by atoms with Crippen molar-refractivity contribution in [3.63, 3.8) is 0 Å². The molecule has 0 saturated carbocycles. The molecule has 80 valence electrons. The molecule has 1 aromatic heterocycles. The Morgan fingerprint density at radius 1 is 1.57 bits per heavy atom. The first-order chi connectivity index (χ1) is 6.40. The minimum absolute atomic E-state index is 0.219. The van der Waals surface area contributed by atoms with Crippen molar-refractivity contribution in [3.05, 3.63) is 10.6 Å². The molecule has 0 aliphatic heterocycles. The lowest BCUT2D eigenvalue weighted by Gasteiger charge is -2.06. The fraction of sp³-hybridized carbons (Fsp3) is 0.667. The zero-order valence-corrected chi connectivity index (χ0v) is 8.08. The van der Waals surface area contributed by atoms with E-state index in [9.17, 15) is 13.2 Å². The van der Waals surface area contributed by atoms with Gasteiger partial charge in [-0.1, -0.05) is 0 Å². The van der Waals surface area contributed by atoms with E-state index >= 15 is 0 Å². The number of aromatic nitrogens is 3. The van der Waals surface area contributed by atoms with Gasteiger partial charge in [0.1, 0.15) is 13.2 Å². The van der Waals surface area contributed by atoms with Crippen LogP contribution in [0.15, 0.2) is 0 Å². The molecule has 0 radical (unpaired) electrons. The van der Waals surface area contributed by atoms with Gasteiger partial charge in [0.25, 0.3) is 0 Å². The third-order valence-corrected chi connectivity index (χ3v) is 1.83. The van der Waals surface area contributed by atoms with Crippen molar-refractivity contribution in [1.29, 1.82) is 0 Å². The van der Waals surface area contributed by atoms with E-state index in [0.29, 0.717) is 10.6 Å². The van der Waals surface area contributed by atoms with E-state index in [1.165, 1.54) is 4.57 Å². The molecular weight excluding hydrogens is 219 g/mol. The van der Waals surface area contributed by atoms with Crippen LogP contribution in [0.5, 0.6) is 0 Å². The second kappa shape index (κ2) is 4.09. The number of nitrogens with one attached hydrogen (secondary N) is 1. The third-order valence-electron chi connectivity index (χ3n) is 1.47. The quantitative estimate of drug-likeness (QED) is 0.797. The van der Waals surface area contributed by atoms with Crippen LogP contribution in [0.25, 0.3) is 0 Å². The molecule has 0 amide bonds. The lowest BCUT2D eigenvalue weighted by molar-refractivity contribution is -0.177. The van der Waals surface area contributed by atoms with Crippen LogP contribution >= 0.6 is 12.2 Å². The molecule has 0 bridgehead atoms. The molecule has 1 rings (SSSR count). The molecule has 0 aromatic carbocycles. The van der Waals surface area contributed by atoms with Gasteiger partial charge >= 0.3 is 6.18 Å². The number of aromatic amines is 1. The van der Waals surface area contributed by atoms with Gasteiger partial charge in [0.05, 0.1) is 0 Å². The Balaban J connectivity index is 2.47. The zero-order chi connectivity index (χ0) is 10.8. The summed E-state index contributed by atoms with van der Waals surface area (Å²) in [5, 5.41) is 6.13. The van der Waals surface area contributed by atoms with Crippen molar-refractivity contribution in [2.24, 2.45) is 7.05 Å². The standard InChI is InChI=1S/C6H8F3N3OS/c1-12-4(10-11-5(12)14)2-13-3-6(7,8)9/h2-3H2,1H3,(H,11,14). The van der Waals surface area contributed by atoms with E-state index < -0.39 is 12.8 Å². The molecule has 14 heavy (non-hydrogen) atoms. The van der Waals surface area contributed by atoms with Crippen molar-refractivity contribution in [1.82, 2.24) is 14.8 Å². The number of halogens is 3. The number of alkyl halides is 3. The molecule has 0 unspecified atom stereocenters. The van der Waals surface area contributed by atoms with Gasteiger partial charge in [0, 0.05) is 7.05 Å². The molecule has 1 N–H and O–H groups in total. The molecule has 0 aliphatic rings. The molecule has 1 heterocycles. The third kappa shape index (κ3) is 3.11. The Labute approximate surface area is 82.7 Å². The molecule has 0 spiro atoms. The van der Waals surface area contributed by atoms with E-state index in [-0.39, 0.29) is 6.61 Å². The van der Waals surface area contributed by atoms with Gasteiger partial charge in [-0.2, -0.15) is 18.3 Å². The maximum absolute atomic E-state index is 11.7. The molecular formula is C6H8F3N3OS. The number of ether oxygens (including phenoxy) is 1. The Kier molecular flexibility index (Phi) is 3.27. The Morgan fingerprint density at radius 2 is 2.21 bits per heavy atom. The molecule has 4 nitrogen and oxygen atoms in total. The Morgan fingerprint density at radius 3 is 2.64 bits per heavy atom. The van der Waals surface area contributed by atoms with Gasteiger partial charge < -0.3 is 9.30 Å². The van der Waals surface area contributed by atoms with E-state index in [1.807, 2.05) is 0 Å². The monoisotopic (exact) mass is 227 g/mol. The average molecular weight is 227 g/mol. The van der Waals surface area contributed by atoms with Crippen LogP contribution in [-0.4, -0.2) is 27.5 Å². The van der Waals surface area contributed by atoms with Crippen molar-refractivity contribution in [2.45, 2.75) is 12.8 Å². The van der Waals surface area contributed by atoms with Gasteiger partial charge in [-0.05, 0) is 12.2 Å². The molecule has 0 aliphatic carbocycles. The van der Waals surface area contributed by atoms with Crippen LogP contribution in [0.3, 0.4) is 0 Å². The van der Waals surface area contributed by atoms with Crippen LogP contribution in [0.2, 0.25) is 0 Å². The van der Waals surface area contributed by atoms with E-state index in [4.69, 9.17) is 12.2 Å². The van der Waals surface area contributed by atoms with Crippen molar-refractivity contribution in [2.75, 3.05) is 6.61 Å². The Bertz CT molecular complexity index is 356. The highest BCUT2D eigenvalue weighted by molar-refractivity contribution is 7.71. The lowest BCUT2D eigenvalue weighted by Crippen LogP contribution is -2.17. The lowest BCUT2D eigenvalue weighted by atomic mass is 10.6. The minimum Gasteiger partial charge on any atom is -0.364 e. The highest BCUT2D eigenvalue weighted by Crippen LogP contribution is 2.15. The van der Waals surface area contributed by atoms with Gasteiger partial charge in [-0.3, -0.25) is 5.10 Å². The summed E-state index contributed by atoms with van der Waals surface area (Å²) in [6.07, 6.45) is -4.31. The summed E-state index contributed by atoms with van der Waals surface area (Å²) >= 11 is 4.77. The summed E-state index contributed by atoms with van der Waals surface area (Å²) < 4.78 is 41.2. The molecule has 8 heteroatoms. The Hall–Kier alpha value is -0.890. The average Bonchev–Trinajstić information content (AvgIpc) is 2.33. The smallest absolute Gasteiger partial charge is 0.364 e. The fourth-order valence-corrected chi connectivity index (χ4v) is 0.918. The van der Waals surface area contributed by atoms with Gasteiger partial charge in [-0.25, -0.2) is 0 Å². The topological polar surface area (TPSA) is 42.8 Å². The predicted molar refractivity (Wildman–Crippen MR) is 44.1 cm³/mol. The van der Waals surface area contributed by atoms with Gasteiger partial charge in [-0.15, -0.1) is 0 Å². The highest BCUT2D eigenvalue weighted by atomic mass is 32.1. The maximum Gasteiger partial charge on any atom is 0.411 e. The predicted octanol–water partition coefficient (Wildman–Crippen LogP) is 1.56. The van der Waals surface area contributed by atoms with E-state index in [2.05, 4.69) is 14.9 Å². The summed E-state index contributed by atoms with van der Waals surface area (Å²) in [7, 11) is 1.60. The normalized spacial score (nSPS) is 12.0. The summed E-state index contributed by atoms with van der Waals surface area (Å²) in [6.45, 7) is -1.50. The first kappa shape index (κ1) is 11.2. The van der Waals surface area contributed by atoms with Gasteiger partial charge in [0.15, 0.2) is 10.6 Å². The van der Waals surface area contributed by atoms with Crippen LogP contribution < -0.4 is 0 Å². The second-order valence-electron chi connectivity index (χ2n) is 2.61. The largest absolute Gasteiger partial charge is 0.411 e. The first-order valence-electron chi connectivity index (χ1n) is 3.65. The van der Waals surface area contributed by atoms with Crippen LogP contribution in [0.4, 0.5) is 13.2 Å². The maximum atomic E-state index is 11.7. The summed E-state index contributed by atoms with van der Waals surface area (Å²) in [5.41, 5.74) is 0. The van der Waals surface area contributed by atoms with E-state index in [1.54, 1.807) is 7.05 Å². The summed E-state index contributed by atoms with van der Waals surface area (Å²) in [5.74, 6) is 0.333. The number of nitrogens with zero attached hydrogens (tertiary/aromatic N) is 2. The molecule has 0 saturated heterocycles. The van der Waals surface area contributed by atoms with Crippen molar-refractivity contribution in [3.8, 4) is 0 Å². The number of H-pyrrole nitrogens is 1. The molecule has 1 aromatic rings. The highest BCUT2D eigenvalue weighted by Gasteiger charge is 2.27. The van der Waals surface area contributed by atoms with E-state index in [0.717, 1.165) is 0 Å². The van der Waals surface area contributed by atoms with Crippen molar-refractivity contribution < 1.29 is 17.9 Å². The number of hydrogen-bond donors (Lipinski definition) is 1. The van der Waals surface area contributed by atoms with Gasteiger partial charge in [0.2, 0.25) is 0 Å². The summed E-state index contributed by atoms with van der Waals surface area (Å²) in [6, 6.07) is 0. The van der Waals surface area contributed by atoms with Crippen LogP contribution in [-0.2, 0) is 18.4 Å². The first-order valence-corrected chi connectivity index (χ1v) is 4.06. The van der Waals surface area contributed by atoms with Crippen LogP contribution in [0.1, 0.15) is 5.82 Å². The zero-order valence-electron chi connectivity index (χ0n) is 7.26. The number of rotatable bonds is 3. The SMILES string of the molecule is Cn1c(COCC(F)(F)F)n[nH]c1=S. The van der Waals surface area contributed by atoms with Crippen LogP contribution in [0, 0.1) is 4.77 Å². The van der Waals surface area contributed by atoms with Crippen molar-refractivity contribution >= 4 is 12.2 Å². The fourth-order valence-electron chi connectivity index (χ4n) is 0.767. The minimum atomic E-state index is -4.31. The molecule has 0 atom stereocenters. The number of hydrogen-bond acceptors (Lipinski definition) is 3. The summed E-state index contributed by atoms with van der Waals surface area (Å²) in [4.78, 5) is 0. The second-order valence-corrected chi connectivity index (χ2v) is 3.00.